The van der Waals surface area contributed by atoms with Crippen LogP contribution in [0.2, 0.25) is 0 Å². The van der Waals surface area contributed by atoms with Crippen LogP contribution in [0.1, 0.15) is 0 Å². The largest absolute Gasteiger partial charge is 0.379 e. The first-order valence-corrected chi connectivity index (χ1v) is 7.85. The predicted molar refractivity (Wildman–Crippen MR) is 75.1 cm³/mol. The summed E-state index contributed by atoms with van der Waals surface area (Å²) in [5.74, 6) is 1.21. The fraction of sp³-hybridized carbons (Fsp3) is 0.455. The lowest BCUT2D eigenvalue weighted by molar-refractivity contribution is -0.385. The number of benzene rings is 1. The van der Waals surface area contributed by atoms with Crippen molar-refractivity contribution in [2.24, 2.45) is 0 Å². The molecule has 104 valence electrons. The van der Waals surface area contributed by atoms with Gasteiger partial charge in [-0.15, -0.1) is 0 Å². The van der Waals surface area contributed by atoms with E-state index in [1.807, 2.05) is 11.8 Å². The van der Waals surface area contributed by atoms with E-state index in [0.717, 1.165) is 29.4 Å². The summed E-state index contributed by atoms with van der Waals surface area (Å²) in [4.78, 5) is 9.65. The Kier molecular flexibility index (Phi) is 4.87. The normalized spacial score (nSPS) is 19.2. The fourth-order valence-corrected chi connectivity index (χ4v) is 4.32. The molecule has 0 aromatic heterocycles. The Balaban J connectivity index is 2.05. The Hall–Kier alpha value is -1.02. The minimum atomic E-state index is -0.930. The summed E-state index contributed by atoms with van der Waals surface area (Å²) >= 11 is 3.58. The topological polar surface area (TPSA) is 55.2 Å². The van der Waals surface area contributed by atoms with Crippen LogP contribution in [-0.2, 0) is 0 Å². The third-order valence-corrected chi connectivity index (χ3v) is 5.47. The Bertz CT molecular complexity index is 459. The van der Waals surface area contributed by atoms with E-state index in [2.05, 4.69) is 5.32 Å². The van der Waals surface area contributed by atoms with Gasteiger partial charge in [-0.1, -0.05) is 0 Å². The van der Waals surface area contributed by atoms with Gasteiger partial charge in [0.2, 0.25) is 0 Å². The van der Waals surface area contributed by atoms with E-state index >= 15 is 0 Å². The number of nitro benzene ring substituents is 1. The molecule has 0 radical (unpaired) electrons. The molecule has 0 aliphatic carbocycles. The highest BCUT2D eigenvalue weighted by atomic mass is 32.2. The first-order chi connectivity index (χ1) is 9.08. The molecule has 1 heterocycles. The zero-order chi connectivity index (χ0) is 13.8. The molecule has 1 N–H and O–H groups in total. The lowest BCUT2D eigenvalue weighted by Gasteiger charge is -2.21. The Morgan fingerprint density at radius 3 is 2.58 bits per heavy atom. The molecule has 1 fully saturated rings. The molecular weight excluding hydrogens is 294 g/mol. The number of anilines is 1. The molecule has 1 aromatic rings. The highest BCUT2D eigenvalue weighted by Gasteiger charge is 2.19. The second-order valence-corrected chi connectivity index (χ2v) is 6.55. The zero-order valence-electron chi connectivity index (χ0n) is 9.90. The van der Waals surface area contributed by atoms with Crippen molar-refractivity contribution in [1.82, 2.24) is 0 Å². The maximum Gasteiger partial charge on any atom is 0.275 e. The van der Waals surface area contributed by atoms with Gasteiger partial charge in [-0.2, -0.15) is 23.5 Å². The maximum absolute atomic E-state index is 13.6. The molecule has 0 amide bonds. The highest BCUT2D eigenvalue weighted by molar-refractivity contribution is 8.06. The van der Waals surface area contributed by atoms with Crippen LogP contribution in [0.4, 0.5) is 20.2 Å². The molecule has 0 spiro atoms. The number of halogens is 2. The lowest BCUT2D eigenvalue weighted by atomic mass is 10.2. The summed E-state index contributed by atoms with van der Waals surface area (Å²) in [6.07, 6.45) is 0. The van der Waals surface area contributed by atoms with Crippen molar-refractivity contribution in [2.75, 3.05) is 29.1 Å². The minimum Gasteiger partial charge on any atom is -0.379 e. The van der Waals surface area contributed by atoms with E-state index in [1.54, 1.807) is 11.8 Å². The number of nitrogens with one attached hydrogen (secondary N) is 1. The number of hydrogen-bond donors (Lipinski definition) is 1. The number of nitro groups is 1. The highest BCUT2D eigenvalue weighted by Crippen LogP contribution is 2.27. The number of thioether (sulfide) groups is 2. The quantitative estimate of drug-likeness (QED) is 0.684. The Morgan fingerprint density at radius 1 is 1.37 bits per heavy atom. The third kappa shape index (κ3) is 3.73. The smallest absolute Gasteiger partial charge is 0.275 e. The van der Waals surface area contributed by atoms with Crippen molar-refractivity contribution in [3.63, 3.8) is 0 Å². The van der Waals surface area contributed by atoms with Gasteiger partial charge < -0.3 is 5.32 Å². The molecule has 4 nitrogen and oxygen atoms in total. The summed E-state index contributed by atoms with van der Waals surface area (Å²) in [6, 6.07) is 1.46. The Labute approximate surface area is 117 Å². The zero-order valence-corrected chi connectivity index (χ0v) is 11.5. The van der Waals surface area contributed by atoms with Crippen molar-refractivity contribution in [1.29, 1.82) is 0 Å². The van der Waals surface area contributed by atoms with Crippen LogP contribution >= 0.6 is 23.5 Å². The van der Waals surface area contributed by atoms with Gasteiger partial charge in [0.25, 0.3) is 5.69 Å². The molecule has 19 heavy (non-hydrogen) atoms. The van der Waals surface area contributed by atoms with Crippen LogP contribution in [-0.4, -0.2) is 34.0 Å². The number of rotatable bonds is 4. The molecular formula is C11H12F2N2O2S2. The molecule has 1 aliphatic heterocycles. The van der Waals surface area contributed by atoms with Crippen molar-refractivity contribution in [3.8, 4) is 0 Å². The monoisotopic (exact) mass is 306 g/mol. The van der Waals surface area contributed by atoms with Crippen molar-refractivity contribution >= 4 is 34.9 Å². The summed E-state index contributed by atoms with van der Waals surface area (Å²) in [5.41, 5.74) is -0.870. The van der Waals surface area contributed by atoms with Crippen LogP contribution in [0.5, 0.6) is 0 Å². The van der Waals surface area contributed by atoms with Crippen molar-refractivity contribution in [3.05, 3.63) is 33.9 Å². The first-order valence-electron chi connectivity index (χ1n) is 5.64. The molecule has 1 unspecified atom stereocenters. The summed E-state index contributed by atoms with van der Waals surface area (Å²) < 4.78 is 27.2. The van der Waals surface area contributed by atoms with E-state index in [-0.39, 0.29) is 5.69 Å². The molecule has 1 saturated heterocycles. The van der Waals surface area contributed by atoms with Crippen molar-refractivity contribution < 1.29 is 13.7 Å². The van der Waals surface area contributed by atoms with Gasteiger partial charge in [0.1, 0.15) is 5.69 Å². The molecule has 1 aliphatic rings. The minimum absolute atomic E-state index is 0.290. The van der Waals surface area contributed by atoms with E-state index < -0.39 is 22.2 Å². The van der Waals surface area contributed by atoms with Gasteiger partial charge in [0.05, 0.1) is 17.1 Å². The van der Waals surface area contributed by atoms with Crippen LogP contribution in [0.3, 0.4) is 0 Å². The molecule has 0 bridgehead atoms. The molecule has 2 rings (SSSR count). The number of non-ortho nitro benzene ring substituents is 1. The van der Waals surface area contributed by atoms with E-state index in [1.165, 1.54) is 0 Å². The SMILES string of the molecule is O=[N+]([O-])c1cc(F)c(NCC2CSCCS2)c(F)c1. The fourth-order valence-electron chi connectivity index (χ4n) is 1.70. The second kappa shape index (κ2) is 6.42. The average Bonchev–Trinajstić information content (AvgIpc) is 2.38. The van der Waals surface area contributed by atoms with Gasteiger partial charge in [-0.05, 0) is 0 Å². The van der Waals surface area contributed by atoms with Crippen LogP contribution < -0.4 is 5.32 Å². The average molecular weight is 306 g/mol. The third-order valence-electron chi connectivity index (χ3n) is 2.63. The number of hydrogen-bond acceptors (Lipinski definition) is 5. The first kappa shape index (κ1) is 14.4. The summed E-state index contributed by atoms with van der Waals surface area (Å²) in [5, 5.41) is 13.5. The van der Waals surface area contributed by atoms with Crippen molar-refractivity contribution in [2.45, 2.75) is 5.25 Å². The van der Waals surface area contributed by atoms with Gasteiger partial charge in [0.15, 0.2) is 11.6 Å². The van der Waals surface area contributed by atoms with E-state index in [4.69, 9.17) is 0 Å². The Morgan fingerprint density at radius 2 is 2.05 bits per heavy atom. The predicted octanol–water partition coefficient (Wildman–Crippen LogP) is 3.13. The van der Waals surface area contributed by atoms with Gasteiger partial charge in [0, 0.05) is 29.1 Å². The number of nitrogens with zero attached hydrogens (tertiary/aromatic N) is 1. The lowest BCUT2D eigenvalue weighted by Crippen LogP contribution is -2.24. The standard InChI is InChI=1S/C11H12F2N2O2S2/c12-9-3-7(15(16)17)4-10(13)11(9)14-5-8-6-18-1-2-19-8/h3-4,8,14H,1-2,5-6H2. The summed E-state index contributed by atoms with van der Waals surface area (Å²) in [6.45, 7) is 0.448. The van der Waals surface area contributed by atoms with Crippen LogP contribution in [0.15, 0.2) is 12.1 Å². The molecule has 1 aromatic carbocycles. The van der Waals surface area contributed by atoms with Gasteiger partial charge in [-0.25, -0.2) is 8.78 Å². The van der Waals surface area contributed by atoms with E-state index in [0.29, 0.717) is 11.8 Å². The van der Waals surface area contributed by atoms with Crippen LogP contribution in [0, 0.1) is 21.7 Å². The molecule has 1 atom stereocenters. The molecule has 8 heteroatoms. The summed E-state index contributed by atoms with van der Waals surface area (Å²) in [7, 11) is 0. The van der Waals surface area contributed by atoms with Crippen LogP contribution in [0.25, 0.3) is 0 Å². The maximum atomic E-state index is 13.6. The van der Waals surface area contributed by atoms with Gasteiger partial charge >= 0.3 is 0 Å². The van der Waals surface area contributed by atoms with E-state index in [9.17, 15) is 18.9 Å². The van der Waals surface area contributed by atoms with Gasteiger partial charge in [-0.3, -0.25) is 10.1 Å². The second-order valence-electron chi connectivity index (χ2n) is 3.99. The molecule has 0 saturated carbocycles.